The number of hydrogen-bond acceptors (Lipinski definition) is 4. The molecule has 0 aliphatic heterocycles. The average molecular weight is 103 g/mol. The molecule has 0 fully saturated rings. The summed E-state index contributed by atoms with van der Waals surface area (Å²) in [5.41, 5.74) is 4.22. The van der Waals surface area contributed by atoms with Gasteiger partial charge in [0.1, 0.15) is 0 Å². The van der Waals surface area contributed by atoms with Crippen LogP contribution in [0.3, 0.4) is 0 Å². The quantitative estimate of drug-likeness (QED) is 0.263. The van der Waals surface area contributed by atoms with Gasteiger partial charge in [-0.2, -0.15) is 0 Å². The van der Waals surface area contributed by atoms with E-state index in [9.17, 15) is 5.11 Å². The summed E-state index contributed by atoms with van der Waals surface area (Å²) >= 11 is 0. The van der Waals surface area contributed by atoms with Gasteiger partial charge in [0.2, 0.25) is 0 Å². The van der Waals surface area contributed by atoms with Gasteiger partial charge >= 0.3 is 37.7 Å². The van der Waals surface area contributed by atoms with Crippen molar-refractivity contribution >= 4 is 5.97 Å². The molecule has 36 valence electrons. The summed E-state index contributed by atoms with van der Waals surface area (Å²) in [6, 6.07) is 0. The van der Waals surface area contributed by atoms with Crippen molar-refractivity contribution < 1.29 is 52.7 Å². The number of carbonyl (C=O) groups is 1. The summed E-state index contributed by atoms with van der Waals surface area (Å²) in [6.45, 7) is 0. The Balaban J connectivity index is -0.000000125. The maximum Gasteiger partial charge on any atom is 1.00 e. The van der Waals surface area contributed by atoms with Crippen LogP contribution in [0.2, 0.25) is 0 Å². The van der Waals surface area contributed by atoms with Crippen LogP contribution >= 0.6 is 0 Å². The van der Waals surface area contributed by atoms with E-state index in [1.807, 2.05) is 0 Å². The van der Waals surface area contributed by atoms with Gasteiger partial charge in [-0.1, -0.05) is 0 Å². The number of hydrogen-bond donors (Lipinski definition) is 1. The SMILES string of the molecule is NC([O-])C(=O)[O-].[Li+].[Li+]. The van der Waals surface area contributed by atoms with Crippen molar-refractivity contribution in [1.82, 2.24) is 0 Å². The molecule has 0 bridgehead atoms. The Morgan fingerprint density at radius 2 is 1.62 bits per heavy atom. The smallest absolute Gasteiger partial charge is 0.837 e. The van der Waals surface area contributed by atoms with Crippen molar-refractivity contribution in [3.05, 3.63) is 0 Å². The minimum Gasteiger partial charge on any atom is -0.837 e. The molecule has 2 N–H and O–H groups in total. The van der Waals surface area contributed by atoms with Crippen LogP contribution in [0.1, 0.15) is 0 Å². The summed E-state index contributed by atoms with van der Waals surface area (Å²) in [5.74, 6) is -1.77. The van der Waals surface area contributed by atoms with Gasteiger partial charge in [0.25, 0.3) is 0 Å². The molecular weight excluding hydrogens is 99.9 g/mol. The van der Waals surface area contributed by atoms with E-state index < -0.39 is 12.2 Å². The molecule has 0 radical (unpaired) electrons. The van der Waals surface area contributed by atoms with Gasteiger partial charge in [-0.05, 0) is 6.23 Å². The summed E-state index contributed by atoms with van der Waals surface area (Å²) in [4.78, 5) is 9.15. The summed E-state index contributed by atoms with van der Waals surface area (Å²) < 4.78 is 0. The summed E-state index contributed by atoms with van der Waals surface area (Å²) in [7, 11) is 0. The minimum atomic E-state index is -2.09. The monoisotopic (exact) mass is 103 g/mol. The molecular formula is C2H3Li2NO3. The second-order valence-corrected chi connectivity index (χ2v) is 0.740. The molecule has 0 amide bonds. The summed E-state index contributed by atoms with van der Waals surface area (Å²) in [5, 5.41) is 18.5. The van der Waals surface area contributed by atoms with Crippen molar-refractivity contribution in [3.8, 4) is 0 Å². The minimum absolute atomic E-state index is 0. The van der Waals surface area contributed by atoms with Crippen LogP contribution in [0.4, 0.5) is 0 Å². The Bertz CT molecular complexity index is 66.3. The molecule has 0 aromatic heterocycles. The van der Waals surface area contributed by atoms with Gasteiger partial charge in [0.15, 0.2) is 0 Å². The van der Waals surface area contributed by atoms with E-state index >= 15 is 0 Å². The van der Waals surface area contributed by atoms with Crippen molar-refractivity contribution in [2.24, 2.45) is 5.73 Å². The van der Waals surface area contributed by atoms with E-state index in [-0.39, 0.29) is 37.7 Å². The third-order valence-electron chi connectivity index (χ3n) is 0.232. The Morgan fingerprint density at radius 3 is 1.62 bits per heavy atom. The molecule has 8 heavy (non-hydrogen) atoms. The zero-order valence-electron chi connectivity index (χ0n) is 4.88. The molecule has 1 unspecified atom stereocenters. The molecule has 0 saturated carbocycles. The van der Waals surface area contributed by atoms with Crippen LogP contribution in [-0.2, 0) is 4.79 Å². The summed E-state index contributed by atoms with van der Waals surface area (Å²) in [6.07, 6.45) is -2.09. The molecule has 0 aromatic carbocycles. The maximum absolute atomic E-state index is 9.34. The molecule has 0 aromatic rings. The molecule has 0 rings (SSSR count). The zero-order valence-corrected chi connectivity index (χ0v) is 4.88. The fourth-order valence-electron chi connectivity index (χ4n) is 0. The van der Waals surface area contributed by atoms with Crippen LogP contribution in [0.25, 0.3) is 0 Å². The van der Waals surface area contributed by atoms with Crippen molar-refractivity contribution in [2.45, 2.75) is 6.23 Å². The standard InChI is InChI=1S/C2H4NO3.2Li/c3-1(4)2(5)6;;/h1H,3H2,(H,5,6);;/q-1;2*+1/p-1. The van der Waals surface area contributed by atoms with Gasteiger partial charge in [0.05, 0.1) is 0 Å². The zero-order chi connectivity index (χ0) is 5.15. The van der Waals surface area contributed by atoms with E-state index in [0.717, 1.165) is 0 Å². The molecule has 0 aliphatic carbocycles. The van der Waals surface area contributed by atoms with Crippen LogP contribution in [-0.4, -0.2) is 12.2 Å². The van der Waals surface area contributed by atoms with Crippen molar-refractivity contribution in [1.29, 1.82) is 0 Å². The van der Waals surface area contributed by atoms with E-state index in [2.05, 4.69) is 5.73 Å². The predicted molar refractivity (Wildman–Crippen MR) is 13.0 cm³/mol. The number of carboxylic acid groups (broad SMARTS) is 1. The molecule has 0 heterocycles. The molecule has 6 heteroatoms. The molecule has 0 saturated heterocycles. The molecule has 0 aliphatic rings. The predicted octanol–water partition coefficient (Wildman–Crippen LogP) is -9.61. The Morgan fingerprint density at radius 1 is 1.50 bits per heavy atom. The van der Waals surface area contributed by atoms with Gasteiger partial charge in [-0.25, -0.2) is 0 Å². The number of rotatable bonds is 1. The second kappa shape index (κ2) is 7.58. The van der Waals surface area contributed by atoms with Gasteiger partial charge < -0.3 is 20.7 Å². The van der Waals surface area contributed by atoms with Gasteiger partial charge in [-0.15, -0.1) is 0 Å². The molecule has 0 spiro atoms. The van der Waals surface area contributed by atoms with Crippen molar-refractivity contribution in [2.75, 3.05) is 0 Å². The number of nitrogens with two attached hydrogens (primary N) is 1. The Labute approximate surface area is 70.8 Å². The first kappa shape index (κ1) is 15.8. The Hall–Kier alpha value is 0.585. The van der Waals surface area contributed by atoms with Crippen LogP contribution in [0.15, 0.2) is 0 Å². The average Bonchev–Trinajstić information content (AvgIpc) is 1.36. The first-order chi connectivity index (χ1) is 2.64. The maximum atomic E-state index is 9.34. The fraction of sp³-hybridized carbons (Fsp3) is 0.500. The number of carbonyl (C=O) groups excluding carboxylic acids is 1. The van der Waals surface area contributed by atoms with E-state index in [0.29, 0.717) is 0 Å². The first-order valence-electron chi connectivity index (χ1n) is 1.27. The largest absolute Gasteiger partial charge is 1.00 e. The van der Waals surface area contributed by atoms with Gasteiger partial charge in [-0.3, -0.25) is 0 Å². The van der Waals surface area contributed by atoms with Crippen LogP contribution < -0.4 is 53.7 Å². The fourth-order valence-corrected chi connectivity index (χ4v) is 0. The Kier molecular flexibility index (Phi) is 15.0. The van der Waals surface area contributed by atoms with Crippen molar-refractivity contribution in [3.63, 3.8) is 0 Å². The van der Waals surface area contributed by atoms with Crippen LogP contribution in [0, 0.1) is 0 Å². The van der Waals surface area contributed by atoms with E-state index in [4.69, 9.17) is 9.90 Å². The second-order valence-electron chi connectivity index (χ2n) is 0.740. The molecule has 4 nitrogen and oxygen atoms in total. The number of aliphatic carboxylic acids is 1. The van der Waals surface area contributed by atoms with Gasteiger partial charge in [0, 0.05) is 5.97 Å². The van der Waals surface area contributed by atoms with Crippen LogP contribution in [0.5, 0.6) is 0 Å². The normalized spacial score (nSPS) is 10.2. The van der Waals surface area contributed by atoms with E-state index in [1.54, 1.807) is 0 Å². The topological polar surface area (TPSA) is 89.2 Å². The molecule has 1 atom stereocenters. The number of carboxylic acids is 1. The third kappa shape index (κ3) is 9.77. The van der Waals surface area contributed by atoms with E-state index in [1.165, 1.54) is 0 Å². The first-order valence-corrected chi connectivity index (χ1v) is 1.27. The third-order valence-corrected chi connectivity index (χ3v) is 0.232.